The van der Waals surface area contributed by atoms with E-state index in [1.807, 2.05) is 0 Å². The van der Waals surface area contributed by atoms with E-state index in [4.69, 9.17) is 19.9 Å². The van der Waals surface area contributed by atoms with Crippen molar-refractivity contribution in [3.05, 3.63) is 84.0 Å². The number of carbonyl (C=O) groups excluding carboxylic acids is 4. The molecule has 0 aromatic heterocycles. The highest BCUT2D eigenvalue weighted by molar-refractivity contribution is 5.98. The van der Waals surface area contributed by atoms with Crippen LogP contribution in [0.25, 0.3) is 0 Å². The third-order valence-electron chi connectivity index (χ3n) is 6.39. The van der Waals surface area contributed by atoms with E-state index >= 15 is 0 Å². The zero-order chi connectivity index (χ0) is 29.9. The summed E-state index contributed by atoms with van der Waals surface area (Å²) in [5.41, 5.74) is 6.66. The smallest absolute Gasteiger partial charge is 0.407 e. The van der Waals surface area contributed by atoms with Crippen molar-refractivity contribution in [3.8, 4) is 11.5 Å². The fraction of sp³-hybridized carbons (Fsp3) is 0.310. The summed E-state index contributed by atoms with van der Waals surface area (Å²) in [5, 5.41) is 18.7. The first-order valence-corrected chi connectivity index (χ1v) is 12.8. The second-order valence-electron chi connectivity index (χ2n) is 9.21. The Labute approximate surface area is 237 Å². The molecule has 0 heterocycles. The molecular formula is C29H34N4O8. The van der Waals surface area contributed by atoms with Crippen molar-refractivity contribution >= 4 is 23.8 Å². The molecule has 2 aromatic rings. The number of carbonyl (C=O) groups is 4. The zero-order valence-corrected chi connectivity index (χ0v) is 22.8. The van der Waals surface area contributed by atoms with Crippen LogP contribution >= 0.6 is 0 Å². The van der Waals surface area contributed by atoms with Crippen molar-refractivity contribution in [3.63, 3.8) is 0 Å². The average Bonchev–Trinajstić information content (AvgIpc) is 2.97. The lowest BCUT2D eigenvalue weighted by Crippen LogP contribution is -2.53. The largest absolute Gasteiger partial charge is 0.497 e. The topological polar surface area (TPSA) is 178 Å². The number of nitrogens with two attached hydrogens (primary N) is 1. The Morgan fingerprint density at radius 3 is 2.20 bits per heavy atom. The number of hydrogen-bond donors (Lipinski definition) is 5. The maximum atomic E-state index is 13.3. The molecule has 3 rings (SSSR count). The van der Waals surface area contributed by atoms with Gasteiger partial charge in [0, 0.05) is 30.5 Å². The standard InChI is InChI=1S/C29H34N4O8/c1-4-13-31-29(38)41-24-16-19(15-22(25(24)34)32-27(36)18-7-11-21(40-3)12-8-18)28(37)33-23(26(30)35)14-17-5-9-20(39-2)10-6-17/h4-12,15,22-25,34H,1,13-14,16H2,2-3H3,(H2,30,35)(H,31,38)(H,32,36)(H,33,37)/t22-,23+,24-,25-/m1/s1. The van der Waals surface area contributed by atoms with Gasteiger partial charge >= 0.3 is 6.09 Å². The van der Waals surface area contributed by atoms with Crippen LogP contribution < -0.4 is 31.2 Å². The number of ether oxygens (including phenoxy) is 3. The highest BCUT2D eigenvalue weighted by Gasteiger charge is 2.38. The number of nitrogens with one attached hydrogen (secondary N) is 3. The zero-order valence-electron chi connectivity index (χ0n) is 22.8. The molecule has 0 saturated carbocycles. The van der Waals surface area contributed by atoms with Crippen LogP contribution in [0.2, 0.25) is 0 Å². The highest BCUT2D eigenvalue weighted by atomic mass is 16.6. The van der Waals surface area contributed by atoms with Crippen molar-refractivity contribution in [2.45, 2.75) is 37.1 Å². The Kier molecular flexibility index (Phi) is 10.9. The number of alkyl carbamates (subject to hydrolysis) is 1. The van der Waals surface area contributed by atoms with Gasteiger partial charge in [0.05, 0.1) is 20.3 Å². The molecule has 1 aliphatic rings. The fourth-order valence-corrected chi connectivity index (χ4v) is 4.14. The van der Waals surface area contributed by atoms with Crippen molar-refractivity contribution in [2.24, 2.45) is 5.73 Å². The van der Waals surface area contributed by atoms with Gasteiger partial charge in [-0.15, -0.1) is 6.58 Å². The molecule has 0 bridgehead atoms. The van der Waals surface area contributed by atoms with Gasteiger partial charge in [0.15, 0.2) is 0 Å². The summed E-state index contributed by atoms with van der Waals surface area (Å²) in [5.74, 6) is -0.787. The number of methoxy groups -OCH3 is 2. The Balaban J connectivity index is 1.81. The molecular weight excluding hydrogens is 532 g/mol. The minimum Gasteiger partial charge on any atom is -0.497 e. The first kappa shape index (κ1) is 30.7. The Bertz CT molecular complexity index is 1280. The van der Waals surface area contributed by atoms with Crippen LogP contribution in [-0.2, 0) is 20.7 Å². The summed E-state index contributed by atoms with van der Waals surface area (Å²) in [6.07, 6.45) is -0.670. The minimum atomic E-state index is -1.38. The molecule has 12 nitrogen and oxygen atoms in total. The molecule has 0 radical (unpaired) electrons. The number of rotatable bonds is 12. The fourth-order valence-electron chi connectivity index (χ4n) is 4.14. The average molecular weight is 567 g/mol. The van der Waals surface area contributed by atoms with E-state index in [-0.39, 0.29) is 30.5 Å². The van der Waals surface area contributed by atoms with Gasteiger partial charge in [0.1, 0.15) is 29.7 Å². The molecule has 4 amide bonds. The van der Waals surface area contributed by atoms with E-state index in [1.165, 1.54) is 38.5 Å². The van der Waals surface area contributed by atoms with Crippen LogP contribution in [0.4, 0.5) is 4.79 Å². The van der Waals surface area contributed by atoms with Crippen LogP contribution in [0.1, 0.15) is 22.3 Å². The molecule has 0 fully saturated rings. The second-order valence-corrected chi connectivity index (χ2v) is 9.21. The number of benzene rings is 2. The number of aliphatic hydroxyl groups is 1. The van der Waals surface area contributed by atoms with Crippen LogP contribution in [0.5, 0.6) is 11.5 Å². The first-order chi connectivity index (χ1) is 19.6. The van der Waals surface area contributed by atoms with Crippen molar-refractivity contribution in [2.75, 3.05) is 20.8 Å². The predicted molar refractivity (Wildman–Crippen MR) is 149 cm³/mol. The van der Waals surface area contributed by atoms with Gasteiger partial charge in [-0.3, -0.25) is 14.4 Å². The molecule has 41 heavy (non-hydrogen) atoms. The molecule has 218 valence electrons. The van der Waals surface area contributed by atoms with E-state index in [0.717, 1.165) is 5.56 Å². The van der Waals surface area contributed by atoms with Gasteiger partial charge in [-0.25, -0.2) is 4.79 Å². The second kappa shape index (κ2) is 14.5. The van der Waals surface area contributed by atoms with Crippen LogP contribution in [0.3, 0.4) is 0 Å². The monoisotopic (exact) mass is 566 g/mol. The molecule has 12 heteroatoms. The molecule has 0 aliphatic heterocycles. The number of hydrogen-bond acceptors (Lipinski definition) is 8. The van der Waals surface area contributed by atoms with E-state index in [1.54, 1.807) is 36.4 Å². The van der Waals surface area contributed by atoms with Gasteiger partial charge in [-0.1, -0.05) is 24.3 Å². The van der Waals surface area contributed by atoms with Crippen LogP contribution in [0, 0.1) is 0 Å². The van der Waals surface area contributed by atoms with Gasteiger partial charge in [-0.2, -0.15) is 0 Å². The number of amides is 4. The molecule has 0 unspecified atom stereocenters. The minimum absolute atomic E-state index is 0.0813. The summed E-state index contributed by atoms with van der Waals surface area (Å²) in [4.78, 5) is 50.7. The van der Waals surface area contributed by atoms with Gasteiger partial charge in [0.2, 0.25) is 11.8 Å². The Morgan fingerprint density at radius 2 is 1.63 bits per heavy atom. The molecule has 0 saturated heterocycles. The lowest BCUT2D eigenvalue weighted by molar-refractivity contribution is -0.125. The summed E-state index contributed by atoms with van der Waals surface area (Å²) in [7, 11) is 3.03. The maximum Gasteiger partial charge on any atom is 0.407 e. The summed E-state index contributed by atoms with van der Waals surface area (Å²) >= 11 is 0. The van der Waals surface area contributed by atoms with E-state index in [9.17, 15) is 24.3 Å². The first-order valence-electron chi connectivity index (χ1n) is 12.8. The molecule has 1 aliphatic carbocycles. The molecule has 4 atom stereocenters. The van der Waals surface area contributed by atoms with Crippen molar-refractivity contribution in [1.29, 1.82) is 0 Å². The van der Waals surface area contributed by atoms with Gasteiger partial charge in [0.25, 0.3) is 5.91 Å². The summed E-state index contributed by atoms with van der Waals surface area (Å²) in [6.45, 7) is 3.63. The third-order valence-corrected chi connectivity index (χ3v) is 6.39. The molecule has 0 spiro atoms. The summed E-state index contributed by atoms with van der Waals surface area (Å²) < 4.78 is 15.6. The molecule has 6 N–H and O–H groups in total. The van der Waals surface area contributed by atoms with Gasteiger partial charge < -0.3 is 41.0 Å². The van der Waals surface area contributed by atoms with Crippen LogP contribution in [0.15, 0.2) is 72.8 Å². The number of aliphatic hydroxyl groups excluding tert-OH is 1. The summed E-state index contributed by atoms with van der Waals surface area (Å²) in [6, 6.07) is 11.0. The van der Waals surface area contributed by atoms with Crippen LogP contribution in [-0.4, -0.2) is 74.0 Å². The van der Waals surface area contributed by atoms with Gasteiger partial charge in [-0.05, 0) is 42.0 Å². The van der Waals surface area contributed by atoms with E-state index in [0.29, 0.717) is 11.5 Å². The normalized spacial score (nSPS) is 18.6. The molecule has 2 aromatic carbocycles. The lowest BCUT2D eigenvalue weighted by atomic mass is 9.89. The maximum absolute atomic E-state index is 13.3. The van der Waals surface area contributed by atoms with Crippen molar-refractivity contribution < 1.29 is 38.5 Å². The Hall–Kier alpha value is -4.84. The predicted octanol–water partition coefficient (Wildman–Crippen LogP) is 0.987. The SMILES string of the molecule is C=CCNC(=O)O[C@@H]1CC(C(=O)N[C@@H](Cc2ccc(OC)cc2)C(N)=O)=C[C@@H](NC(=O)c2ccc(OC)cc2)[C@H]1O. The lowest BCUT2D eigenvalue weighted by Gasteiger charge is -2.33. The Morgan fingerprint density at radius 1 is 1.02 bits per heavy atom. The third kappa shape index (κ3) is 8.57. The van der Waals surface area contributed by atoms with E-state index in [2.05, 4.69) is 22.5 Å². The van der Waals surface area contributed by atoms with E-state index < -0.39 is 48.1 Å². The highest BCUT2D eigenvalue weighted by Crippen LogP contribution is 2.24. The number of primary amides is 1. The quantitative estimate of drug-likeness (QED) is 0.236. The van der Waals surface area contributed by atoms with Crippen molar-refractivity contribution in [1.82, 2.24) is 16.0 Å².